The summed E-state index contributed by atoms with van der Waals surface area (Å²) in [5, 5.41) is 12.3. The first kappa shape index (κ1) is 25.8. The molecular formula is C24H27N5O3S. The molecule has 9 heteroatoms. The van der Waals surface area contributed by atoms with Crippen molar-refractivity contribution in [3.05, 3.63) is 77.2 Å². The van der Waals surface area contributed by atoms with E-state index in [9.17, 15) is 14.3 Å². The number of hydrogen-bond donors (Lipinski definition) is 2. The normalized spacial score (nSPS) is 11.4. The molecule has 33 heavy (non-hydrogen) atoms. The van der Waals surface area contributed by atoms with Crippen molar-refractivity contribution in [1.82, 2.24) is 14.7 Å². The van der Waals surface area contributed by atoms with Crippen LogP contribution < -0.4 is 10.0 Å². The highest BCUT2D eigenvalue weighted by atomic mass is 32.2. The van der Waals surface area contributed by atoms with E-state index < -0.39 is 11.0 Å². The number of carbonyl (C=O) groups excluding carboxylic acids is 1. The lowest BCUT2D eigenvalue weighted by Gasteiger charge is -2.11. The Morgan fingerprint density at radius 3 is 2.45 bits per heavy atom. The SMILES string of the molecule is CNS(=O)Cc1ccc(Cc2nccc(-c3ccc(NC(=O)C(C)C)c(C#N)c3)n2)cc1.O. The number of amides is 1. The highest BCUT2D eigenvalue weighted by molar-refractivity contribution is 7.82. The average molecular weight is 466 g/mol. The van der Waals surface area contributed by atoms with E-state index in [1.807, 2.05) is 30.3 Å². The number of benzene rings is 2. The molecule has 1 heterocycles. The Hall–Kier alpha value is -3.45. The molecule has 0 radical (unpaired) electrons. The molecule has 0 aliphatic rings. The average Bonchev–Trinajstić information content (AvgIpc) is 2.80. The van der Waals surface area contributed by atoms with Crippen molar-refractivity contribution in [3.8, 4) is 17.3 Å². The lowest BCUT2D eigenvalue weighted by atomic mass is 10.1. The van der Waals surface area contributed by atoms with Crippen LogP contribution in [-0.4, -0.2) is 32.6 Å². The van der Waals surface area contributed by atoms with E-state index >= 15 is 0 Å². The number of carbonyl (C=O) groups is 1. The molecule has 1 atom stereocenters. The van der Waals surface area contributed by atoms with E-state index in [0.717, 1.165) is 16.7 Å². The number of aromatic nitrogens is 2. The van der Waals surface area contributed by atoms with Gasteiger partial charge in [0.25, 0.3) is 0 Å². The van der Waals surface area contributed by atoms with E-state index in [1.54, 1.807) is 45.3 Å². The third-order valence-electron chi connectivity index (χ3n) is 4.83. The van der Waals surface area contributed by atoms with Crippen LogP contribution in [-0.2, 0) is 28.0 Å². The molecule has 1 aromatic heterocycles. The van der Waals surface area contributed by atoms with Crippen LogP contribution in [0.15, 0.2) is 54.7 Å². The maximum absolute atomic E-state index is 12.0. The van der Waals surface area contributed by atoms with Crippen LogP contribution >= 0.6 is 0 Å². The van der Waals surface area contributed by atoms with E-state index in [-0.39, 0.29) is 17.3 Å². The Balaban J connectivity index is 0.00000385. The zero-order valence-electron chi connectivity index (χ0n) is 18.8. The predicted octanol–water partition coefficient (Wildman–Crippen LogP) is 2.76. The van der Waals surface area contributed by atoms with Crippen LogP contribution in [0.2, 0.25) is 0 Å². The van der Waals surface area contributed by atoms with Gasteiger partial charge in [0.2, 0.25) is 5.91 Å². The largest absolute Gasteiger partial charge is 0.412 e. The van der Waals surface area contributed by atoms with Gasteiger partial charge in [-0.3, -0.25) is 4.79 Å². The molecule has 8 nitrogen and oxygen atoms in total. The molecule has 0 spiro atoms. The zero-order valence-corrected chi connectivity index (χ0v) is 19.6. The van der Waals surface area contributed by atoms with Gasteiger partial charge in [-0.15, -0.1) is 0 Å². The van der Waals surface area contributed by atoms with Crippen molar-refractivity contribution in [2.24, 2.45) is 5.92 Å². The first-order valence-corrected chi connectivity index (χ1v) is 11.5. The number of rotatable bonds is 8. The Morgan fingerprint density at radius 1 is 1.12 bits per heavy atom. The number of anilines is 1. The lowest BCUT2D eigenvalue weighted by molar-refractivity contribution is -0.118. The summed E-state index contributed by atoms with van der Waals surface area (Å²) in [7, 11) is 0.592. The predicted molar refractivity (Wildman–Crippen MR) is 129 cm³/mol. The number of nitrogens with one attached hydrogen (secondary N) is 2. The van der Waals surface area contributed by atoms with Gasteiger partial charge in [0.15, 0.2) is 0 Å². The monoisotopic (exact) mass is 465 g/mol. The van der Waals surface area contributed by atoms with Crippen molar-refractivity contribution in [1.29, 1.82) is 5.26 Å². The van der Waals surface area contributed by atoms with Gasteiger partial charge >= 0.3 is 0 Å². The van der Waals surface area contributed by atoms with E-state index in [4.69, 9.17) is 0 Å². The lowest BCUT2D eigenvalue weighted by Crippen LogP contribution is -2.18. The van der Waals surface area contributed by atoms with E-state index in [0.29, 0.717) is 34.9 Å². The standard InChI is InChI=1S/C24H25N5O2S.H2O/c1-16(2)24(30)29-21-9-8-19(13-20(21)14-25)22-10-11-27-23(28-22)12-17-4-6-18(7-5-17)15-32(31)26-3;/h4-11,13,16,26H,12,15H2,1-3H3,(H,29,30);1H2. The van der Waals surface area contributed by atoms with Gasteiger partial charge in [0, 0.05) is 24.1 Å². The van der Waals surface area contributed by atoms with Crippen LogP contribution in [0.5, 0.6) is 0 Å². The Morgan fingerprint density at radius 2 is 1.82 bits per heavy atom. The van der Waals surface area contributed by atoms with Crippen molar-refractivity contribution in [3.63, 3.8) is 0 Å². The van der Waals surface area contributed by atoms with Gasteiger partial charge in [-0.25, -0.2) is 18.9 Å². The molecule has 0 saturated carbocycles. The number of hydrogen-bond acceptors (Lipinski definition) is 5. The number of nitrogens with zero attached hydrogens (tertiary/aromatic N) is 3. The highest BCUT2D eigenvalue weighted by Crippen LogP contribution is 2.24. The van der Waals surface area contributed by atoms with Gasteiger partial charge in [-0.05, 0) is 36.4 Å². The minimum Gasteiger partial charge on any atom is -0.412 e. The van der Waals surface area contributed by atoms with Crippen molar-refractivity contribution < 1.29 is 14.5 Å². The van der Waals surface area contributed by atoms with Gasteiger partial charge in [-0.2, -0.15) is 5.26 Å². The van der Waals surface area contributed by atoms with Gasteiger partial charge in [0.05, 0.1) is 33.7 Å². The van der Waals surface area contributed by atoms with Crippen molar-refractivity contribution >= 4 is 22.6 Å². The van der Waals surface area contributed by atoms with Crippen LogP contribution in [0.25, 0.3) is 11.3 Å². The molecule has 172 valence electrons. The molecular weight excluding hydrogens is 438 g/mol. The summed E-state index contributed by atoms with van der Waals surface area (Å²) in [5.74, 6) is 0.800. The molecule has 1 amide bonds. The molecule has 0 aliphatic heterocycles. The summed E-state index contributed by atoms with van der Waals surface area (Å²) in [6.45, 7) is 3.60. The fraction of sp³-hybridized carbons (Fsp3) is 0.250. The summed E-state index contributed by atoms with van der Waals surface area (Å²) in [4.78, 5) is 21.0. The second-order valence-corrected chi connectivity index (χ2v) is 8.95. The van der Waals surface area contributed by atoms with Crippen LogP contribution in [0.1, 0.15) is 36.4 Å². The molecule has 3 rings (SSSR count). The first-order valence-electron chi connectivity index (χ1n) is 10.2. The molecule has 0 aliphatic carbocycles. The maximum Gasteiger partial charge on any atom is 0.226 e. The van der Waals surface area contributed by atoms with Crippen molar-refractivity contribution in [2.75, 3.05) is 12.4 Å². The van der Waals surface area contributed by atoms with E-state index in [1.165, 1.54) is 0 Å². The second kappa shape index (κ2) is 12.0. The van der Waals surface area contributed by atoms with Gasteiger partial charge in [0.1, 0.15) is 11.9 Å². The minimum atomic E-state index is -1.08. The molecule has 3 aromatic rings. The van der Waals surface area contributed by atoms with Gasteiger partial charge in [-0.1, -0.05) is 44.2 Å². The van der Waals surface area contributed by atoms with Crippen LogP contribution in [0.3, 0.4) is 0 Å². The third-order valence-corrected chi connectivity index (χ3v) is 5.89. The Kier molecular flexibility index (Phi) is 9.36. The third kappa shape index (κ3) is 7.02. The quantitative estimate of drug-likeness (QED) is 0.526. The minimum absolute atomic E-state index is 0. The zero-order chi connectivity index (χ0) is 23.1. The van der Waals surface area contributed by atoms with Gasteiger partial charge < -0.3 is 10.8 Å². The summed E-state index contributed by atoms with van der Waals surface area (Å²) < 4.78 is 14.3. The Bertz CT molecular complexity index is 1170. The van der Waals surface area contributed by atoms with E-state index in [2.05, 4.69) is 26.1 Å². The molecule has 4 N–H and O–H groups in total. The van der Waals surface area contributed by atoms with Crippen LogP contribution in [0, 0.1) is 17.2 Å². The number of nitriles is 1. The summed E-state index contributed by atoms with van der Waals surface area (Å²) in [5.41, 5.74) is 4.39. The summed E-state index contributed by atoms with van der Waals surface area (Å²) in [6.07, 6.45) is 2.25. The van der Waals surface area contributed by atoms with Crippen LogP contribution in [0.4, 0.5) is 5.69 Å². The van der Waals surface area contributed by atoms with Crippen molar-refractivity contribution in [2.45, 2.75) is 26.0 Å². The fourth-order valence-corrected chi connectivity index (χ4v) is 3.63. The molecule has 0 bridgehead atoms. The molecule has 2 aromatic carbocycles. The smallest absolute Gasteiger partial charge is 0.226 e. The summed E-state index contributed by atoms with van der Waals surface area (Å²) >= 11 is 0. The molecule has 0 fully saturated rings. The maximum atomic E-state index is 12.0. The summed E-state index contributed by atoms with van der Waals surface area (Å²) in [6, 6.07) is 17.1. The highest BCUT2D eigenvalue weighted by Gasteiger charge is 2.12. The first-order chi connectivity index (χ1) is 15.4. The fourth-order valence-electron chi connectivity index (χ4n) is 2.99. The molecule has 1 unspecified atom stereocenters. The Labute approximate surface area is 196 Å². The second-order valence-electron chi connectivity index (χ2n) is 7.56. The molecule has 0 saturated heterocycles. The topological polar surface area (TPSA) is 139 Å².